The van der Waals surface area contributed by atoms with Crippen LogP contribution < -0.4 is 4.74 Å². The maximum absolute atomic E-state index is 5.98. The Hall–Kier alpha value is -2.15. The maximum atomic E-state index is 5.98. The third kappa shape index (κ3) is 4.40. The predicted molar refractivity (Wildman–Crippen MR) is 107 cm³/mol. The van der Waals surface area contributed by atoms with E-state index in [9.17, 15) is 0 Å². The second-order valence-electron chi connectivity index (χ2n) is 6.31. The lowest BCUT2D eigenvalue weighted by atomic mass is 10.1. The average Bonchev–Trinajstić information content (AvgIpc) is 2.71. The van der Waals surface area contributed by atoms with Crippen LogP contribution in [0.4, 0.5) is 0 Å². The van der Waals surface area contributed by atoms with Crippen LogP contribution in [0.25, 0.3) is 0 Å². The van der Waals surface area contributed by atoms with E-state index in [2.05, 4.69) is 25.9 Å². The average molecular weight is 399 g/mol. The molecule has 0 unspecified atom stereocenters. The summed E-state index contributed by atoms with van der Waals surface area (Å²) in [5.41, 5.74) is 3.41. The Kier molecular flexibility index (Phi) is 5.57. The summed E-state index contributed by atoms with van der Waals surface area (Å²) in [4.78, 5) is 15.8. The third-order valence-electron chi connectivity index (χ3n) is 4.45. The summed E-state index contributed by atoms with van der Waals surface area (Å²) in [5.74, 6) is 1.35. The molecule has 0 amide bonds. The van der Waals surface area contributed by atoms with Crippen LogP contribution in [0.3, 0.4) is 0 Å². The van der Waals surface area contributed by atoms with E-state index in [1.165, 1.54) is 5.56 Å². The number of nitrogens with zero attached hydrogens (tertiary/aromatic N) is 4. The van der Waals surface area contributed by atoms with Gasteiger partial charge in [-0.3, -0.25) is 4.90 Å². The van der Waals surface area contributed by atoms with Gasteiger partial charge in [0.1, 0.15) is 5.75 Å². The summed E-state index contributed by atoms with van der Waals surface area (Å²) < 4.78 is 5.98. The number of rotatable bonds is 5. The molecule has 7 heteroatoms. The second-order valence-corrected chi connectivity index (χ2v) is 7.52. The monoisotopic (exact) mass is 398 g/mol. The summed E-state index contributed by atoms with van der Waals surface area (Å²) >= 11 is 7.53. The minimum absolute atomic E-state index is 0.625. The molecule has 27 heavy (non-hydrogen) atoms. The molecule has 4 rings (SSSR count). The molecule has 0 fully saturated rings. The van der Waals surface area contributed by atoms with Gasteiger partial charge in [0.05, 0.1) is 5.69 Å². The SMILES string of the molecule is CSc1ncc2c(n1)CCN(Cc1cccnc1Oc1ccc(Cl)cc1)C2. The zero-order valence-electron chi connectivity index (χ0n) is 14.9. The van der Waals surface area contributed by atoms with Gasteiger partial charge in [-0.2, -0.15) is 0 Å². The van der Waals surface area contributed by atoms with Gasteiger partial charge in [-0.15, -0.1) is 0 Å². The lowest BCUT2D eigenvalue weighted by molar-refractivity contribution is 0.239. The molecule has 1 aliphatic rings. The predicted octanol–water partition coefficient (Wildman–Crippen LogP) is 4.60. The highest BCUT2D eigenvalue weighted by atomic mass is 35.5. The zero-order chi connectivity index (χ0) is 18.6. The van der Waals surface area contributed by atoms with E-state index in [4.69, 9.17) is 16.3 Å². The molecule has 0 aliphatic carbocycles. The molecule has 5 nitrogen and oxygen atoms in total. The largest absolute Gasteiger partial charge is 0.439 e. The highest BCUT2D eigenvalue weighted by Gasteiger charge is 2.20. The van der Waals surface area contributed by atoms with Gasteiger partial charge in [0.15, 0.2) is 5.16 Å². The van der Waals surface area contributed by atoms with E-state index in [0.29, 0.717) is 10.9 Å². The van der Waals surface area contributed by atoms with Crippen molar-refractivity contribution in [3.63, 3.8) is 0 Å². The van der Waals surface area contributed by atoms with Gasteiger partial charge < -0.3 is 4.74 Å². The molecule has 3 heterocycles. The number of halogens is 1. The first kappa shape index (κ1) is 18.2. The zero-order valence-corrected chi connectivity index (χ0v) is 16.5. The number of hydrogen-bond donors (Lipinski definition) is 0. The summed E-state index contributed by atoms with van der Waals surface area (Å²) in [6, 6.07) is 11.3. The number of thioether (sulfide) groups is 1. The maximum Gasteiger partial charge on any atom is 0.223 e. The molecule has 0 bridgehead atoms. The summed E-state index contributed by atoms with van der Waals surface area (Å²) in [7, 11) is 0. The van der Waals surface area contributed by atoms with Crippen LogP contribution in [-0.2, 0) is 19.5 Å². The van der Waals surface area contributed by atoms with Gasteiger partial charge in [0.25, 0.3) is 0 Å². The highest BCUT2D eigenvalue weighted by molar-refractivity contribution is 7.98. The Morgan fingerprint density at radius 1 is 1.19 bits per heavy atom. The topological polar surface area (TPSA) is 51.1 Å². The van der Waals surface area contributed by atoms with Crippen molar-refractivity contribution in [3.05, 3.63) is 70.6 Å². The Bertz CT molecular complexity index is 936. The molecule has 1 aromatic carbocycles. The minimum Gasteiger partial charge on any atom is -0.439 e. The van der Waals surface area contributed by atoms with Crippen molar-refractivity contribution in [3.8, 4) is 11.6 Å². The molecule has 2 aromatic heterocycles. The quantitative estimate of drug-likeness (QED) is 0.462. The highest BCUT2D eigenvalue weighted by Crippen LogP contribution is 2.27. The number of aromatic nitrogens is 3. The number of benzene rings is 1. The number of hydrogen-bond acceptors (Lipinski definition) is 6. The first-order chi connectivity index (χ1) is 13.2. The summed E-state index contributed by atoms with van der Waals surface area (Å²) in [5, 5.41) is 1.52. The summed E-state index contributed by atoms with van der Waals surface area (Å²) in [6.45, 7) is 2.55. The van der Waals surface area contributed by atoms with E-state index in [0.717, 1.165) is 48.2 Å². The van der Waals surface area contributed by atoms with E-state index in [-0.39, 0.29) is 0 Å². The molecule has 138 valence electrons. The molecule has 0 N–H and O–H groups in total. The third-order valence-corrected chi connectivity index (χ3v) is 5.26. The van der Waals surface area contributed by atoms with E-state index < -0.39 is 0 Å². The Labute approximate surface area is 167 Å². The van der Waals surface area contributed by atoms with Crippen LogP contribution >= 0.6 is 23.4 Å². The van der Waals surface area contributed by atoms with Crippen molar-refractivity contribution >= 4 is 23.4 Å². The minimum atomic E-state index is 0.625. The van der Waals surface area contributed by atoms with E-state index in [1.807, 2.05) is 42.8 Å². The molecule has 0 atom stereocenters. The molecule has 0 saturated heterocycles. The normalized spacial score (nSPS) is 14.0. The van der Waals surface area contributed by atoms with Gasteiger partial charge in [-0.05, 0) is 36.6 Å². The van der Waals surface area contributed by atoms with Gasteiger partial charge >= 0.3 is 0 Å². The van der Waals surface area contributed by atoms with Crippen LogP contribution in [0.5, 0.6) is 11.6 Å². The standard InChI is InChI=1S/C20H19ClN4OS/c1-27-20-23-11-15-13-25(10-8-18(15)24-20)12-14-3-2-9-22-19(14)26-17-6-4-16(21)5-7-17/h2-7,9,11H,8,10,12-13H2,1H3. The van der Waals surface area contributed by atoms with Crippen LogP contribution in [0.15, 0.2) is 53.9 Å². The first-order valence-electron chi connectivity index (χ1n) is 8.70. The lowest BCUT2D eigenvalue weighted by Crippen LogP contribution is -2.31. The van der Waals surface area contributed by atoms with Crippen LogP contribution in [0.1, 0.15) is 16.8 Å². The number of pyridine rings is 1. The smallest absolute Gasteiger partial charge is 0.223 e. The van der Waals surface area contributed by atoms with Crippen molar-refractivity contribution in [1.82, 2.24) is 19.9 Å². The molecular formula is C20H19ClN4OS. The van der Waals surface area contributed by atoms with Crippen LogP contribution in [0.2, 0.25) is 5.02 Å². The fraction of sp³-hybridized carbons (Fsp3) is 0.250. The molecule has 3 aromatic rings. The molecule has 1 aliphatic heterocycles. The van der Waals surface area contributed by atoms with Crippen LogP contribution in [0, 0.1) is 0 Å². The molecule has 0 saturated carbocycles. The lowest BCUT2D eigenvalue weighted by Gasteiger charge is -2.28. The number of ether oxygens (including phenoxy) is 1. The molecule has 0 spiro atoms. The van der Waals surface area contributed by atoms with Crippen molar-refractivity contribution < 1.29 is 4.74 Å². The van der Waals surface area contributed by atoms with Crippen molar-refractivity contribution in [2.45, 2.75) is 24.7 Å². The van der Waals surface area contributed by atoms with Gasteiger partial charge in [0.2, 0.25) is 5.88 Å². The molecular weight excluding hydrogens is 380 g/mol. The van der Waals surface area contributed by atoms with Gasteiger partial charge in [-0.25, -0.2) is 15.0 Å². The molecule has 0 radical (unpaired) electrons. The fourth-order valence-corrected chi connectivity index (χ4v) is 3.57. The second kappa shape index (κ2) is 8.25. The van der Waals surface area contributed by atoms with Gasteiger partial charge in [-0.1, -0.05) is 29.4 Å². The first-order valence-corrected chi connectivity index (χ1v) is 10.3. The van der Waals surface area contributed by atoms with Gasteiger partial charge in [0, 0.05) is 54.6 Å². The summed E-state index contributed by atoms with van der Waals surface area (Å²) in [6.07, 6.45) is 6.63. The van der Waals surface area contributed by atoms with Crippen molar-refractivity contribution in [2.24, 2.45) is 0 Å². The fourth-order valence-electron chi connectivity index (χ4n) is 3.08. The Morgan fingerprint density at radius 3 is 2.85 bits per heavy atom. The van der Waals surface area contributed by atoms with E-state index >= 15 is 0 Å². The Balaban J connectivity index is 1.49. The van der Waals surface area contributed by atoms with Crippen molar-refractivity contribution in [2.75, 3.05) is 12.8 Å². The van der Waals surface area contributed by atoms with Crippen LogP contribution in [-0.4, -0.2) is 32.7 Å². The van der Waals surface area contributed by atoms with E-state index in [1.54, 1.807) is 18.0 Å². The van der Waals surface area contributed by atoms with Crippen molar-refractivity contribution in [1.29, 1.82) is 0 Å². The number of fused-ring (bicyclic) bond motifs is 1. The Morgan fingerprint density at radius 2 is 2.04 bits per heavy atom.